The number of benzene rings is 1. The molecule has 2 heterocycles. The number of ether oxygens (including phenoxy) is 2. The van der Waals surface area contributed by atoms with Crippen molar-refractivity contribution in [2.24, 2.45) is 0 Å². The second-order valence-electron chi connectivity index (χ2n) is 6.03. The Hall–Kier alpha value is -2.28. The Labute approximate surface area is 141 Å². The van der Waals surface area contributed by atoms with E-state index in [4.69, 9.17) is 9.47 Å². The third kappa shape index (κ3) is 3.97. The summed E-state index contributed by atoms with van der Waals surface area (Å²) in [5.74, 6) is 1.65. The van der Waals surface area contributed by atoms with Crippen LogP contribution in [0.1, 0.15) is 19.2 Å². The molecule has 2 aromatic rings. The zero-order chi connectivity index (χ0) is 16.9. The number of carbonyl (C=O) groups is 1. The number of imidazole rings is 1. The van der Waals surface area contributed by atoms with Crippen molar-refractivity contribution in [3.05, 3.63) is 24.0 Å². The molecule has 1 aliphatic rings. The molecule has 2 N–H and O–H groups in total. The van der Waals surface area contributed by atoms with Gasteiger partial charge in [-0.05, 0) is 25.5 Å². The smallest absolute Gasteiger partial charge is 0.317 e. The summed E-state index contributed by atoms with van der Waals surface area (Å²) in [6.07, 6.45) is 1.62. The zero-order valence-electron chi connectivity index (χ0n) is 14.2. The summed E-state index contributed by atoms with van der Waals surface area (Å²) in [5.41, 5.74) is 1.84. The van der Waals surface area contributed by atoms with Gasteiger partial charge in [0.15, 0.2) is 0 Å². The topological polar surface area (TPSA) is 79.5 Å². The molecule has 1 atom stereocenters. The minimum Gasteiger partial charge on any atom is -0.497 e. The molecule has 1 unspecified atom stereocenters. The van der Waals surface area contributed by atoms with Gasteiger partial charge in [0.25, 0.3) is 0 Å². The molecule has 1 aromatic heterocycles. The van der Waals surface area contributed by atoms with Crippen molar-refractivity contribution in [1.82, 2.24) is 20.2 Å². The number of H-pyrrole nitrogens is 1. The Morgan fingerprint density at radius 2 is 2.42 bits per heavy atom. The van der Waals surface area contributed by atoms with Crippen molar-refractivity contribution in [3.63, 3.8) is 0 Å². The molecule has 0 aliphatic carbocycles. The van der Waals surface area contributed by atoms with Crippen molar-refractivity contribution < 1.29 is 14.3 Å². The monoisotopic (exact) mass is 332 g/mol. The average Bonchev–Trinajstić information content (AvgIpc) is 2.85. The lowest BCUT2D eigenvalue weighted by Crippen LogP contribution is -2.43. The first-order chi connectivity index (χ1) is 11.7. The Morgan fingerprint density at radius 3 is 3.25 bits per heavy atom. The van der Waals surface area contributed by atoms with Gasteiger partial charge in [0.1, 0.15) is 11.6 Å². The maximum atomic E-state index is 12.3. The Balaban J connectivity index is 1.53. The van der Waals surface area contributed by atoms with Crippen molar-refractivity contribution >= 4 is 17.1 Å². The van der Waals surface area contributed by atoms with Gasteiger partial charge in [0.2, 0.25) is 0 Å². The second kappa shape index (κ2) is 7.53. The maximum absolute atomic E-state index is 12.3. The fourth-order valence-electron chi connectivity index (χ4n) is 2.87. The summed E-state index contributed by atoms with van der Waals surface area (Å²) in [5, 5.41) is 2.96. The van der Waals surface area contributed by atoms with Crippen molar-refractivity contribution in [3.8, 4) is 5.75 Å². The van der Waals surface area contributed by atoms with Gasteiger partial charge in [-0.2, -0.15) is 0 Å². The minimum absolute atomic E-state index is 0.0369. The Bertz CT molecular complexity index is 700. The highest BCUT2D eigenvalue weighted by atomic mass is 16.5. The highest BCUT2D eigenvalue weighted by Gasteiger charge is 2.19. The first-order valence-electron chi connectivity index (χ1n) is 8.32. The second-order valence-corrected chi connectivity index (χ2v) is 6.03. The number of amides is 2. The van der Waals surface area contributed by atoms with Crippen LogP contribution in [0.4, 0.5) is 4.79 Å². The molecule has 1 saturated heterocycles. The van der Waals surface area contributed by atoms with Crippen LogP contribution in [0.5, 0.6) is 5.75 Å². The van der Waals surface area contributed by atoms with E-state index in [2.05, 4.69) is 15.3 Å². The van der Waals surface area contributed by atoms with E-state index in [0.717, 1.165) is 35.6 Å². The van der Waals surface area contributed by atoms with Gasteiger partial charge in [-0.1, -0.05) is 0 Å². The molecule has 1 aliphatic heterocycles. The van der Waals surface area contributed by atoms with E-state index in [0.29, 0.717) is 26.1 Å². The van der Waals surface area contributed by atoms with Crippen molar-refractivity contribution in [2.45, 2.75) is 25.9 Å². The molecule has 24 heavy (non-hydrogen) atoms. The molecule has 130 valence electrons. The maximum Gasteiger partial charge on any atom is 0.317 e. The quantitative estimate of drug-likeness (QED) is 0.897. The fraction of sp³-hybridized carbons (Fsp3) is 0.529. The van der Waals surface area contributed by atoms with Crippen LogP contribution in [0, 0.1) is 0 Å². The SMILES string of the molecule is COc1ccc2nc(CCNC(=O)N3CCCOC(C)C3)[nH]c2c1. The zero-order valence-corrected chi connectivity index (χ0v) is 14.2. The highest BCUT2D eigenvalue weighted by Crippen LogP contribution is 2.18. The number of carbonyl (C=O) groups excluding carboxylic acids is 1. The van der Waals surface area contributed by atoms with Crippen LogP contribution in [-0.4, -0.2) is 60.4 Å². The number of nitrogens with one attached hydrogen (secondary N) is 2. The van der Waals surface area contributed by atoms with Gasteiger partial charge in [0.05, 0.1) is 24.2 Å². The lowest BCUT2D eigenvalue weighted by Gasteiger charge is -2.22. The van der Waals surface area contributed by atoms with Gasteiger partial charge >= 0.3 is 6.03 Å². The molecule has 1 fully saturated rings. The van der Waals surface area contributed by atoms with Crippen LogP contribution in [0.2, 0.25) is 0 Å². The summed E-state index contributed by atoms with van der Waals surface area (Å²) in [6, 6.07) is 5.69. The molecule has 3 rings (SSSR count). The fourth-order valence-corrected chi connectivity index (χ4v) is 2.87. The van der Waals surface area contributed by atoms with E-state index in [9.17, 15) is 4.79 Å². The molecule has 2 amide bonds. The molecule has 7 nitrogen and oxygen atoms in total. The number of hydrogen-bond donors (Lipinski definition) is 2. The van der Waals surface area contributed by atoms with Crippen LogP contribution in [0.15, 0.2) is 18.2 Å². The summed E-state index contributed by atoms with van der Waals surface area (Å²) in [6.45, 7) is 4.63. The number of fused-ring (bicyclic) bond motifs is 1. The van der Waals surface area contributed by atoms with Crippen molar-refractivity contribution in [2.75, 3.05) is 33.4 Å². The number of aromatic nitrogens is 2. The lowest BCUT2D eigenvalue weighted by atomic mass is 10.3. The van der Waals surface area contributed by atoms with Gasteiger partial charge in [-0.15, -0.1) is 0 Å². The van der Waals surface area contributed by atoms with E-state index < -0.39 is 0 Å². The molecule has 0 bridgehead atoms. The normalized spacial score (nSPS) is 18.4. The minimum atomic E-state index is -0.0369. The predicted molar refractivity (Wildman–Crippen MR) is 91.4 cm³/mol. The summed E-state index contributed by atoms with van der Waals surface area (Å²) in [4.78, 5) is 21.9. The predicted octanol–water partition coefficient (Wildman–Crippen LogP) is 1.93. The van der Waals surface area contributed by atoms with Crippen LogP contribution in [0.25, 0.3) is 11.0 Å². The third-order valence-corrected chi connectivity index (χ3v) is 4.12. The number of urea groups is 1. The molecule has 0 radical (unpaired) electrons. The Morgan fingerprint density at radius 1 is 1.54 bits per heavy atom. The number of methoxy groups -OCH3 is 1. The van der Waals surface area contributed by atoms with Crippen LogP contribution in [-0.2, 0) is 11.2 Å². The lowest BCUT2D eigenvalue weighted by molar-refractivity contribution is 0.0710. The van der Waals surface area contributed by atoms with Crippen LogP contribution < -0.4 is 10.1 Å². The van der Waals surface area contributed by atoms with Crippen LogP contribution in [0.3, 0.4) is 0 Å². The van der Waals surface area contributed by atoms with Gasteiger partial charge in [-0.3, -0.25) is 0 Å². The third-order valence-electron chi connectivity index (χ3n) is 4.12. The summed E-state index contributed by atoms with van der Waals surface area (Å²) >= 11 is 0. The number of nitrogens with zero attached hydrogens (tertiary/aromatic N) is 2. The van der Waals surface area contributed by atoms with E-state index in [1.807, 2.05) is 30.0 Å². The largest absolute Gasteiger partial charge is 0.497 e. The van der Waals surface area contributed by atoms with Crippen molar-refractivity contribution in [1.29, 1.82) is 0 Å². The number of aromatic amines is 1. The van der Waals surface area contributed by atoms with Crippen LogP contribution >= 0.6 is 0 Å². The van der Waals surface area contributed by atoms with E-state index in [-0.39, 0.29) is 12.1 Å². The molecular formula is C17H24N4O3. The number of rotatable bonds is 4. The molecule has 1 aromatic carbocycles. The van der Waals surface area contributed by atoms with E-state index in [1.165, 1.54) is 0 Å². The highest BCUT2D eigenvalue weighted by molar-refractivity contribution is 5.77. The first kappa shape index (κ1) is 16.6. The molecule has 0 saturated carbocycles. The number of hydrogen-bond acceptors (Lipinski definition) is 4. The van der Waals surface area contributed by atoms with Gasteiger partial charge < -0.3 is 24.7 Å². The average molecular weight is 332 g/mol. The summed E-state index contributed by atoms with van der Waals surface area (Å²) < 4.78 is 10.8. The first-order valence-corrected chi connectivity index (χ1v) is 8.32. The molecule has 7 heteroatoms. The molecular weight excluding hydrogens is 308 g/mol. The molecule has 0 spiro atoms. The van der Waals surface area contributed by atoms with E-state index >= 15 is 0 Å². The summed E-state index contributed by atoms with van der Waals surface area (Å²) in [7, 11) is 1.64. The Kier molecular flexibility index (Phi) is 5.20. The van der Waals surface area contributed by atoms with Gasteiger partial charge in [0, 0.05) is 38.7 Å². The van der Waals surface area contributed by atoms with E-state index in [1.54, 1.807) is 7.11 Å². The standard InChI is InChI=1S/C17H24N4O3/c1-12-11-21(8-3-9-24-12)17(22)18-7-6-16-19-14-5-4-13(23-2)10-15(14)20-16/h4-5,10,12H,3,6-9,11H2,1-2H3,(H,18,22)(H,19,20). The van der Waals surface area contributed by atoms with Gasteiger partial charge in [-0.25, -0.2) is 9.78 Å².